The number of fused-ring (bicyclic) bond motifs is 1. The summed E-state index contributed by atoms with van der Waals surface area (Å²) in [5, 5.41) is 5.89. The Labute approximate surface area is 190 Å². The first-order valence-electron chi connectivity index (χ1n) is 10.3. The number of nitrogens with one attached hydrogen (secondary N) is 1. The van der Waals surface area contributed by atoms with Crippen LogP contribution in [0.15, 0.2) is 82.4 Å². The normalized spacial score (nSPS) is 15.6. The molecule has 0 radical (unpaired) electrons. The van der Waals surface area contributed by atoms with Crippen LogP contribution in [0.25, 0.3) is 22.0 Å². The number of halogens is 1. The summed E-state index contributed by atoms with van der Waals surface area (Å²) in [5.41, 5.74) is 11.0. The molecular formula is C26H22BrN3O. The van der Waals surface area contributed by atoms with Crippen LogP contribution in [0, 0.1) is 6.92 Å². The van der Waals surface area contributed by atoms with Gasteiger partial charge in [-0.15, -0.1) is 0 Å². The fourth-order valence-corrected chi connectivity index (χ4v) is 4.60. The molecular weight excluding hydrogens is 450 g/mol. The average Bonchev–Trinajstić information content (AvgIpc) is 3.29. The molecule has 0 amide bonds. The summed E-state index contributed by atoms with van der Waals surface area (Å²) in [6, 6.07) is 25.1. The van der Waals surface area contributed by atoms with Gasteiger partial charge in [0.15, 0.2) is 0 Å². The molecule has 0 saturated carbocycles. The Morgan fingerprint density at radius 2 is 1.74 bits per heavy atom. The Bertz CT molecular complexity index is 1280. The standard InChI is InChI=1S/C26H22BrN3O/c1-16-25(24-15-23(29-30-24)17-8-11-20(31-2)12-9-17)26(18-6-4-3-5-7-18)21-14-19(27)10-13-22(21)28-16/h3-14,23,29H,15H2,1-2H3/t23-/m1/s1. The van der Waals surface area contributed by atoms with Crippen LogP contribution in [0.4, 0.5) is 0 Å². The summed E-state index contributed by atoms with van der Waals surface area (Å²) in [6.45, 7) is 2.08. The van der Waals surface area contributed by atoms with Gasteiger partial charge in [-0.3, -0.25) is 4.98 Å². The molecule has 5 heteroatoms. The zero-order chi connectivity index (χ0) is 21.4. The van der Waals surface area contributed by atoms with Gasteiger partial charge in [0.1, 0.15) is 5.75 Å². The third kappa shape index (κ3) is 3.70. The number of pyridine rings is 1. The topological polar surface area (TPSA) is 46.5 Å². The summed E-state index contributed by atoms with van der Waals surface area (Å²) in [5.74, 6) is 0.856. The predicted octanol–water partition coefficient (Wildman–Crippen LogP) is 6.42. The van der Waals surface area contributed by atoms with Crippen LogP contribution in [-0.4, -0.2) is 17.8 Å². The van der Waals surface area contributed by atoms with Gasteiger partial charge in [0.2, 0.25) is 0 Å². The molecule has 0 saturated heterocycles. The van der Waals surface area contributed by atoms with E-state index >= 15 is 0 Å². The maximum atomic E-state index is 5.29. The Kier molecular flexibility index (Phi) is 5.20. The minimum absolute atomic E-state index is 0.127. The second kappa shape index (κ2) is 8.16. The van der Waals surface area contributed by atoms with Crippen LogP contribution < -0.4 is 10.2 Å². The second-order valence-electron chi connectivity index (χ2n) is 7.69. The van der Waals surface area contributed by atoms with Gasteiger partial charge >= 0.3 is 0 Å². The molecule has 154 valence electrons. The maximum Gasteiger partial charge on any atom is 0.118 e. The fourth-order valence-electron chi connectivity index (χ4n) is 4.24. The van der Waals surface area contributed by atoms with Gasteiger partial charge < -0.3 is 10.2 Å². The molecule has 0 unspecified atom stereocenters. The molecule has 1 aliphatic rings. The van der Waals surface area contributed by atoms with E-state index in [2.05, 4.69) is 76.8 Å². The number of methoxy groups -OCH3 is 1. The van der Waals surface area contributed by atoms with Crippen LogP contribution in [-0.2, 0) is 0 Å². The van der Waals surface area contributed by atoms with E-state index in [0.29, 0.717) is 0 Å². The van der Waals surface area contributed by atoms with Gasteiger partial charge in [0.25, 0.3) is 0 Å². The van der Waals surface area contributed by atoms with Crippen LogP contribution in [0.1, 0.15) is 29.3 Å². The van der Waals surface area contributed by atoms with Crippen molar-refractivity contribution in [3.63, 3.8) is 0 Å². The van der Waals surface area contributed by atoms with Crippen molar-refractivity contribution in [2.24, 2.45) is 5.10 Å². The highest BCUT2D eigenvalue weighted by Gasteiger charge is 2.26. The number of ether oxygens (including phenoxy) is 1. The average molecular weight is 472 g/mol. The molecule has 31 heavy (non-hydrogen) atoms. The lowest BCUT2D eigenvalue weighted by molar-refractivity contribution is 0.414. The van der Waals surface area contributed by atoms with Gasteiger partial charge in [-0.05, 0) is 48.4 Å². The molecule has 0 aliphatic carbocycles. The van der Waals surface area contributed by atoms with Crippen LogP contribution in [0.2, 0.25) is 0 Å². The summed E-state index contributed by atoms with van der Waals surface area (Å²) < 4.78 is 6.33. The van der Waals surface area contributed by atoms with E-state index in [1.807, 2.05) is 24.3 Å². The van der Waals surface area contributed by atoms with E-state index < -0.39 is 0 Å². The predicted molar refractivity (Wildman–Crippen MR) is 130 cm³/mol. The molecule has 4 nitrogen and oxygen atoms in total. The van der Waals surface area contributed by atoms with Gasteiger partial charge in [0, 0.05) is 33.1 Å². The number of hydrazone groups is 1. The van der Waals surface area contributed by atoms with Crippen molar-refractivity contribution in [2.75, 3.05) is 7.11 Å². The molecule has 3 aromatic carbocycles. The molecule has 4 aromatic rings. The van der Waals surface area contributed by atoms with Crippen LogP contribution in [0.3, 0.4) is 0 Å². The number of benzene rings is 3. The lowest BCUT2D eigenvalue weighted by Gasteiger charge is -2.16. The number of aryl methyl sites for hydroxylation is 1. The SMILES string of the molecule is COc1ccc([C@H]2CC(c3c(C)nc4ccc(Br)cc4c3-c3ccccc3)=NN2)cc1. The van der Waals surface area contributed by atoms with Crippen molar-refractivity contribution >= 4 is 32.5 Å². The number of nitrogens with zero attached hydrogens (tertiary/aromatic N) is 2. The number of rotatable bonds is 4. The van der Waals surface area contributed by atoms with Gasteiger partial charge in [-0.1, -0.05) is 58.4 Å². The lowest BCUT2D eigenvalue weighted by Crippen LogP contribution is -2.10. The number of hydrogen-bond acceptors (Lipinski definition) is 4. The number of aromatic nitrogens is 1. The monoisotopic (exact) mass is 471 g/mol. The van der Waals surface area contributed by atoms with E-state index in [-0.39, 0.29) is 6.04 Å². The highest BCUT2D eigenvalue weighted by molar-refractivity contribution is 9.10. The summed E-state index contributed by atoms with van der Waals surface area (Å²) in [4.78, 5) is 4.92. The third-order valence-electron chi connectivity index (χ3n) is 5.75. The molecule has 1 N–H and O–H groups in total. The molecule has 0 bridgehead atoms. The molecule has 1 aromatic heterocycles. The quantitative estimate of drug-likeness (QED) is 0.373. The van der Waals surface area contributed by atoms with Gasteiger partial charge in [-0.25, -0.2) is 0 Å². The first kappa shape index (κ1) is 19.8. The zero-order valence-corrected chi connectivity index (χ0v) is 19.0. The summed E-state index contributed by atoms with van der Waals surface area (Å²) in [6.07, 6.45) is 0.800. The van der Waals surface area contributed by atoms with Gasteiger partial charge in [0.05, 0.1) is 24.4 Å². The lowest BCUT2D eigenvalue weighted by atomic mass is 9.89. The number of hydrogen-bond donors (Lipinski definition) is 1. The van der Waals surface area contributed by atoms with E-state index in [4.69, 9.17) is 14.8 Å². The zero-order valence-electron chi connectivity index (χ0n) is 17.4. The largest absolute Gasteiger partial charge is 0.497 e. The first-order valence-corrected chi connectivity index (χ1v) is 11.0. The molecule has 2 heterocycles. The molecule has 0 fully saturated rings. The second-order valence-corrected chi connectivity index (χ2v) is 8.61. The minimum atomic E-state index is 0.127. The van der Waals surface area contributed by atoms with E-state index in [1.54, 1.807) is 7.11 Å². The Morgan fingerprint density at radius 3 is 2.48 bits per heavy atom. The highest BCUT2D eigenvalue weighted by atomic mass is 79.9. The summed E-state index contributed by atoms with van der Waals surface area (Å²) >= 11 is 3.64. The van der Waals surface area contributed by atoms with E-state index in [1.165, 1.54) is 16.7 Å². The van der Waals surface area contributed by atoms with Crippen molar-refractivity contribution in [3.05, 3.63) is 94.1 Å². The van der Waals surface area contributed by atoms with Crippen molar-refractivity contribution in [1.82, 2.24) is 10.4 Å². The minimum Gasteiger partial charge on any atom is -0.497 e. The third-order valence-corrected chi connectivity index (χ3v) is 6.24. The first-order chi connectivity index (χ1) is 15.1. The molecule has 1 atom stereocenters. The summed E-state index contributed by atoms with van der Waals surface area (Å²) in [7, 11) is 1.68. The Balaban J connectivity index is 1.62. The smallest absolute Gasteiger partial charge is 0.118 e. The van der Waals surface area contributed by atoms with Crippen LogP contribution >= 0.6 is 15.9 Å². The van der Waals surface area contributed by atoms with Crippen molar-refractivity contribution < 1.29 is 4.74 Å². The van der Waals surface area contributed by atoms with E-state index in [0.717, 1.165) is 44.5 Å². The molecule has 0 spiro atoms. The van der Waals surface area contributed by atoms with Crippen molar-refractivity contribution in [2.45, 2.75) is 19.4 Å². The van der Waals surface area contributed by atoms with Crippen LogP contribution in [0.5, 0.6) is 5.75 Å². The highest BCUT2D eigenvalue weighted by Crippen LogP contribution is 2.37. The Morgan fingerprint density at radius 1 is 0.968 bits per heavy atom. The van der Waals surface area contributed by atoms with E-state index in [9.17, 15) is 0 Å². The molecule has 5 rings (SSSR count). The van der Waals surface area contributed by atoms with Crippen molar-refractivity contribution in [1.29, 1.82) is 0 Å². The van der Waals surface area contributed by atoms with Crippen molar-refractivity contribution in [3.8, 4) is 16.9 Å². The van der Waals surface area contributed by atoms with Gasteiger partial charge in [-0.2, -0.15) is 5.10 Å². The fraction of sp³-hybridized carbons (Fsp3) is 0.154. The molecule has 1 aliphatic heterocycles. The Hall–Kier alpha value is -3.18. The maximum absolute atomic E-state index is 5.29.